The van der Waals surface area contributed by atoms with Gasteiger partial charge in [-0.3, -0.25) is 0 Å². The lowest BCUT2D eigenvalue weighted by Crippen LogP contribution is -2.50. The van der Waals surface area contributed by atoms with Gasteiger partial charge in [-0.2, -0.15) is 0 Å². The molecule has 118 valence electrons. The molecule has 21 heavy (non-hydrogen) atoms. The fourth-order valence-corrected chi connectivity index (χ4v) is 3.48. The summed E-state index contributed by atoms with van der Waals surface area (Å²) in [6.45, 7) is 4.89. The van der Waals surface area contributed by atoms with E-state index in [1.807, 2.05) is 25.1 Å². The van der Waals surface area contributed by atoms with Gasteiger partial charge < -0.3 is 24.2 Å². The van der Waals surface area contributed by atoms with Crippen LogP contribution in [0.4, 0.5) is 0 Å². The van der Waals surface area contributed by atoms with Gasteiger partial charge in [0.25, 0.3) is 0 Å². The third-order valence-electron chi connectivity index (χ3n) is 5.16. The van der Waals surface area contributed by atoms with E-state index in [9.17, 15) is 10.2 Å². The number of likely N-dealkylation sites (tertiary alicyclic amines) is 1. The minimum Gasteiger partial charge on any atom is -0.493 e. The van der Waals surface area contributed by atoms with Gasteiger partial charge in [0.05, 0.1) is 27.8 Å². The summed E-state index contributed by atoms with van der Waals surface area (Å²) in [4.78, 5) is 0. The number of likely N-dealkylation sites (N-methyl/N-ethyl adjacent to an activating group) is 1. The van der Waals surface area contributed by atoms with Crippen LogP contribution >= 0.6 is 0 Å². The summed E-state index contributed by atoms with van der Waals surface area (Å²) in [6, 6.07) is 5.47. The maximum atomic E-state index is 10.5. The molecule has 1 heterocycles. The number of rotatable bonds is 4. The quantitative estimate of drug-likeness (QED) is 0.823. The van der Waals surface area contributed by atoms with E-state index in [1.54, 1.807) is 14.2 Å². The zero-order chi connectivity index (χ0) is 15.8. The summed E-state index contributed by atoms with van der Waals surface area (Å²) in [6.07, 6.45) is -1.52. The molecule has 0 aromatic heterocycles. The first kappa shape index (κ1) is 16.1. The van der Waals surface area contributed by atoms with Gasteiger partial charge in [-0.05, 0) is 32.0 Å². The molecule has 0 radical (unpaired) electrons. The van der Waals surface area contributed by atoms with Crippen molar-refractivity contribution < 1.29 is 24.2 Å². The number of benzene rings is 1. The largest absolute Gasteiger partial charge is 0.493 e. The molecule has 2 N–H and O–H groups in total. The minimum atomic E-state index is -0.789. The van der Waals surface area contributed by atoms with Crippen LogP contribution in [0.3, 0.4) is 0 Å². The summed E-state index contributed by atoms with van der Waals surface area (Å²) in [5.41, 5.74) is 0.952. The first-order chi connectivity index (χ1) is 9.90. The van der Waals surface area contributed by atoms with Crippen LogP contribution in [0.5, 0.6) is 11.5 Å². The molecule has 5 atom stereocenters. The first-order valence-electron chi connectivity index (χ1n) is 7.33. The van der Waals surface area contributed by atoms with Gasteiger partial charge in [0.2, 0.25) is 0 Å². The Kier molecular flexibility index (Phi) is 4.46. The highest BCUT2D eigenvalue weighted by atomic mass is 16.5. The normalized spacial score (nSPS) is 35.8. The molecule has 1 saturated heterocycles. The van der Waals surface area contributed by atoms with Crippen molar-refractivity contribution in [2.24, 2.45) is 0 Å². The molecule has 1 aromatic carbocycles. The number of quaternary nitrogens is 1. The summed E-state index contributed by atoms with van der Waals surface area (Å²) < 4.78 is 11.2. The molecule has 2 rings (SSSR count). The van der Waals surface area contributed by atoms with Gasteiger partial charge in [0.1, 0.15) is 24.3 Å². The van der Waals surface area contributed by atoms with Gasteiger partial charge >= 0.3 is 0 Å². The van der Waals surface area contributed by atoms with Crippen molar-refractivity contribution in [1.29, 1.82) is 0 Å². The molecule has 5 nitrogen and oxygen atoms in total. The van der Waals surface area contributed by atoms with Crippen LogP contribution in [0.2, 0.25) is 0 Å². The van der Waals surface area contributed by atoms with Crippen molar-refractivity contribution in [3.05, 3.63) is 23.8 Å². The Morgan fingerprint density at radius 3 is 2.24 bits per heavy atom. The van der Waals surface area contributed by atoms with Crippen LogP contribution in [0, 0.1) is 0 Å². The molecular formula is C16H26NO4+. The van der Waals surface area contributed by atoms with E-state index in [0.29, 0.717) is 16.0 Å². The van der Waals surface area contributed by atoms with Crippen LogP contribution in [0.15, 0.2) is 18.2 Å². The highest BCUT2D eigenvalue weighted by Crippen LogP contribution is 2.44. The number of hydrogen-bond acceptors (Lipinski definition) is 4. The maximum absolute atomic E-state index is 10.5. The molecule has 1 aliphatic rings. The lowest BCUT2D eigenvalue weighted by molar-refractivity contribution is -0.948. The van der Waals surface area contributed by atoms with Crippen molar-refractivity contribution in [3.8, 4) is 11.5 Å². The SMILES string of the molecule is CC[N@+]1(C)[C@@H](C)[C@@H](O)[C@H](O)[C@@H]1c1ccc(OC)c(OC)c1. The topological polar surface area (TPSA) is 58.9 Å². The maximum Gasteiger partial charge on any atom is 0.161 e. The second-order valence-electron chi connectivity index (χ2n) is 5.94. The highest BCUT2D eigenvalue weighted by Gasteiger charge is 2.55. The van der Waals surface area contributed by atoms with E-state index in [0.717, 1.165) is 12.1 Å². The molecule has 5 heteroatoms. The Hall–Kier alpha value is -1.30. The van der Waals surface area contributed by atoms with E-state index in [4.69, 9.17) is 9.47 Å². The van der Waals surface area contributed by atoms with E-state index in [2.05, 4.69) is 14.0 Å². The summed E-state index contributed by atoms with van der Waals surface area (Å²) >= 11 is 0. The zero-order valence-corrected chi connectivity index (χ0v) is 13.4. The summed E-state index contributed by atoms with van der Waals surface area (Å²) in [5.74, 6) is 1.30. The number of hydrogen-bond donors (Lipinski definition) is 2. The van der Waals surface area contributed by atoms with Crippen molar-refractivity contribution in [2.75, 3.05) is 27.8 Å². The first-order valence-corrected chi connectivity index (χ1v) is 7.33. The average molecular weight is 296 g/mol. The molecular weight excluding hydrogens is 270 g/mol. The molecule has 0 aliphatic carbocycles. The van der Waals surface area contributed by atoms with Crippen molar-refractivity contribution in [3.63, 3.8) is 0 Å². The standard InChI is InChI=1S/C16H26NO4/c1-6-17(3)10(2)15(18)16(19)14(17)11-7-8-12(20-4)13(9-11)21-5/h7-10,14-16,18-19H,6H2,1-5H3/q+1/t10-,14-,15+,16+,17+/m0/s1. The lowest BCUT2D eigenvalue weighted by atomic mass is 9.99. The van der Waals surface area contributed by atoms with Crippen molar-refractivity contribution in [1.82, 2.24) is 0 Å². The second kappa shape index (κ2) is 5.83. The third kappa shape index (κ3) is 2.39. The van der Waals surface area contributed by atoms with E-state index < -0.39 is 12.2 Å². The van der Waals surface area contributed by atoms with Gasteiger partial charge in [0.15, 0.2) is 11.5 Å². The highest BCUT2D eigenvalue weighted by molar-refractivity contribution is 5.44. The van der Waals surface area contributed by atoms with Gasteiger partial charge in [-0.15, -0.1) is 0 Å². The summed E-state index contributed by atoms with van der Waals surface area (Å²) in [5, 5.41) is 20.8. The number of aliphatic hydroxyl groups is 2. The minimum absolute atomic E-state index is 0.0249. The molecule has 0 saturated carbocycles. The molecule has 1 fully saturated rings. The Morgan fingerprint density at radius 1 is 1.10 bits per heavy atom. The summed E-state index contributed by atoms with van der Waals surface area (Å²) in [7, 11) is 5.27. The molecule has 0 bridgehead atoms. The fourth-order valence-electron chi connectivity index (χ4n) is 3.48. The van der Waals surface area contributed by atoms with E-state index in [1.165, 1.54) is 0 Å². The number of nitrogens with zero attached hydrogens (tertiary/aromatic N) is 1. The van der Waals surface area contributed by atoms with Gasteiger partial charge in [-0.25, -0.2) is 0 Å². The molecule has 1 aromatic rings. The average Bonchev–Trinajstić information content (AvgIpc) is 2.68. The second-order valence-corrected chi connectivity index (χ2v) is 5.94. The van der Waals surface area contributed by atoms with E-state index >= 15 is 0 Å². The third-order valence-corrected chi connectivity index (χ3v) is 5.16. The molecule has 0 spiro atoms. The lowest BCUT2D eigenvalue weighted by Gasteiger charge is -2.39. The Morgan fingerprint density at radius 2 is 1.71 bits per heavy atom. The molecule has 1 aliphatic heterocycles. The Bertz CT molecular complexity index is 507. The fraction of sp³-hybridized carbons (Fsp3) is 0.625. The number of ether oxygens (including phenoxy) is 2. The van der Waals surface area contributed by atoms with Crippen LogP contribution in [-0.4, -0.2) is 60.8 Å². The van der Waals surface area contributed by atoms with Crippen LogP contribution in [0.1, 0.15) is 25.5 Å². The monoisotopic (exact) mass is 296 g/mol. The molecule has 0 amide bonds. The van der Waals surface area contributed by atoms with E-state index in [-0.39, 0.29) is 12.1 Å². The molecule has 0 unspecified atom stereocenters. The van der Waals surface area contributed by atoms with Gasteiger partial charge in [-0.1, -0.05) is 0 Å². The predicted molar refractivity (Wildman–Crippen MR) is 80.5 cm³/mol. The van der Waals surface area contributed by atoms with Gasteiger partial charge in [0, 0.05) is 5.56 Å². The zero-order valence-electron chi connectivity index (χ0n) is 13.4. The predicted octanol–water partition coefficient (Wildman–Crippen LogP) is 1.34. The van der Waals surface area contributed by atoms with Crippen molar-refractivity contribution in [2.45, 2.75) is 38.1 Å². The van der Waals surface area contributed by atoms with Crippen LogP contribution in [-0.2, 0) is 0 Å². The smallest absolute Gasteiger partial charge is 0.161 e. The number of methoxy groups -OCH3 is 2. The Balaban J connectivity index is 2.48. The van der Waals surface area contributed by atoms with Crippen LogP contribution < -0.4 is 9.47 Å². The Labute approximate surface area is 126 Å². The van der Waals surface area contributed by atoms with Crippen LogP contribution in [0.25, 0.3) is 0 Å². The number of aliphatic hydroxyl groups excluding tert-OH is 2. The van der Waals surface area contributed by atoms with Crippen molar-refractivity contribution >= 4 is 0 Å².